The van der Waals surface area contributed by atoms with Gasteiger partial charge in [-0.2, -0.15) is 0 Å². The fourth-order valence-electron chi connectivity index (χ4n) is 1.46. The molecule has 0 saturated heterocycles. The first kappa shape index (κ1) is 14.0. The highest BCUT2D eigenvalue weighted by molar-refractivity contribution is 5.81. The van der Waals surface area contributed by atoms with Gasteiger partial charge in [-0.3, -0.25) is 9.59 Å². The van der Waals surface area contributed by atoms with Crippen molar-refractivity contribution in [3.63, 3.8) is 0 Å². The van der Waals surface area contributed by atoms with E-state index < -0.39 is 0 Å². The third-order valence-corrected chi connectivity index (χ3v) is 2.28. The van der Waals surface area contributed by atoms with Gasteiger partial charge in [0.2, 0.25) is 0 Å². The topological polar surface area (TPSA) is 52.6 Å². The van der Waals surface area contributed by atoms with E-state index in [4.69, 9.17) is 9.47 Å². The number of ether oxygens (including phenoxy) is 2. The van der Waals surface area contributed by atoms with Crippen LogP contribution >= 0.6 is 0 Å². The summed E-state index contributed by atoms with van der Waals surface area (Å²) in [5, 5.41) is 0. The fraction of sp³-hybridized carbons (Fsp3) is 0.286. The summed E-state index contributed by atoms with van der Waals surface area (Å²) in [5.74, 6) is 0.269. The second-order valence-corrected chi connectivity index (χ2v) is 3.53. The van der Waals surface area contributed by atoms with Gasteiger partial charge in [-0.05, 0) is 24.6 Å². The van der Waals surface area contributed by atoms with Gasteiger partial charge in [0.1, 0.15) is 5.75 Å². The molecule has 0 saturated carbocycles. The number of esters is 1. The van der Waals surface area contributed by atoms with Gasteiger partial charge in [-0.25, -0.2) is 0 Å². The summed E-state index contributed by atoms with van der Waals surface area (Å²) in [6.07, 6.45) is 4.43. The third-order valence-electron chi connectivity index (χ3n) is 2.28. The normalized spacial score (nSPS) is 10.3. The Morgan fingerprint density at radius 3 is 2.78 bits per heavy atom. The second kappa shape index (κ2) is 7.27. The molecule has 0 atom stereocenters. The average molecular weight is 248 g/mol. The highest BCUT2D eigenvalue weighted by atomic mass is 16.5. The molecule has 0 N–H and O–H groups in total. The largest absolute Gasteiger partial charge is 0.496 e. The molecule has 4 nitrogen and oxygen atoms in total. The molecule has 0 aliphatic rings. The highest BCUT2D eigenvalue weighted by Gasteiger charge is 2.02. The van der Waals surface area contributed by atoms with Crippen LogP contribution in [0, 0.1) is 0 Å². The van der Waals surface area contributed by atoms with Crippen molar-refractivity contribution in [2.75, 3.05) is 13.7 Å². The van der Waals surface area contributed by atoms with Gasteiger partial charge in [-0.1, -0.05) is 18.2 Å². The van der Waals surface area contributed by atoms with E-state index in [1.807, 2.05) is 6.07 Å². The molecule has 0 heterocycles. The molecule has 0 radical (unpaired) electrons. The van der Waals surface area contributed by atoms with E-state index in [9.17, 15) is 9.59 Å². The Morgan fingerprint density at radius 1 is 1.39 bits per heavy atom. The van der Waals surface area contributed by atoms with Crippen molar-refractivity contribution in [3.05, 3.63) is 35.4 Å². The molecular formula is C14H16O4. The van der Waals surface area contributed by atoms with Crippen LogP contribution in [0.1, 0.15) is 29.3 Å². The van der Waals surface area contributed by atoms with Crippen LogP contribution in [0.3, 0.4) is 0 Å². The van der Waals surface area contributed by atoms with Crippen molar-refractivity contribution in [2.45, 2.75) is 13.3 Å². The van der Waals surface area contributed by atoms with Crippen molar-refractivity contribution in [1.82, 2.24) is 0 Å². The molecule has 0 amide bonds. The molecule has 18 heavy (non-hydrogen) atoms. The molecule has 0 fully saturated rings. The number of hydrogen-bond acceptors (Lipinski definition) is 4. The first-order chi connectivity index (χ1) is 8.71. The van der Waals surface area contributed by atoms with Gasteiger partial charge in [0.05, 0.1) is 25.7 Å². The standard InChI is InChI=1S/C14H16O4/c1-3-18-14(16)6-4-5-11-7-8-13(17-2)12(9-11)10-15/h4-5,7-10H,3,6H2,1-2H3. The summed E-state index contributed by atoms with van der Waals surface area (Å²) in [4.78, 5) is 21.9. The quantitative estimate of drug-likeness (QED) is 0.573. The lowest BCUT2D eigenvalue weighted by Crippen LogP contribution is -2.01. The van der Waals surface area contributed by atoms with Crippen LogP contribution in [0.2, 0.25) is 0 Å². The Labute approximate surface area is 106 Å². The number of aldehydes is 1. The zero-order valence-electron chi connectivity index (χ0n) is 10.5. The molecular weight excluding hydrogens is 232 g/mol. The van der Waals surface area contributed by atoms with Gasteiger partial charge < -0.3 is 9.47 Å². The number of methoxy groups -OCH3 is 1. The molecule has 0 aliphatic heterocycles. The van der Waals surface area contributed by atoms with Crippen LogP contribution in [-0.2, 0) is 9.53 Å². The van der Waals surface area contributed by atoms with Gasteiger partial charge in [-0.15, -0.1) is 0 Å². The molecule has 0 unspecified atom stereocenters. The third kappa shape index (κ3) is 4.05. The van der Waals surface area contributed by atoms with E-state index in [-0.39, 0.29) is 12.4 Å². The molecule has 0 bridgehead atoms. The Hall–Kier alpha value is -2.10. The van der Waals surface area contributed by atoms with E-state index in [1.165, 1.54) is 7.11 Å². The summed E-state index contributed by atoms with van der Waals surface area (Å²) in [5.41, 5.74) is 1.32. The zero-order valence-corrected chi connectivity index (χ0v) is 10.5. The lowest BCUT2D eigenvalue weighted by molar-refractivity contribution is -0.142. The second-order valence-electron chi connectivity index (χ2n) is 3.53. The summed E-state index contributed by atoms with van der Waals surface area (Å²) in [7, 11) is 1.51. The summed E-state index contributed by atoms with van der Waals surface area (Å²) >= 11 is 0. The van der Waals surface area contributed by atoms with Crippen molar-refractivity contribution in [2.24, 2.45) is 0 Å². The van der Waals surface area contributed by atoms with Crippen LogP contribution in [-0.4, -0.2) is 26.0 Å². The van der Waals surface area contributed by atoms with Crippen LogP contribution in [0.15, 0.2) is 24.3 Å². The van der Waals surface area contributed by atoms with Crippen molar-refractivity contribution >= 4 is 18.3 Å². The SMILES string of the molecule is CCOC(=O)CC=Cc1ccc(OC)c(C=O)c1. The number of carbonyl (C=O) groups excluding carboxylic acids is 2. The summed E-state index contributed by atoms with van der Waals surface area (Å²) in [6.45, 7) is 2.14. The Bertz CT molecular complexity index is 449. The maximum absolute atomic E-state index is 11.1. The lowest BCUT2D eigenvalue weighted by atomic mass is 10.1. The first-order valence-electron chi connectivity index (χ1n) is 5.66. The van der Waals surface area contributed by atoms with Gasteiger partial charge in [0.15, 0.2) is 6.29 Å². The van der Waals surface area contributed by atoms with Gasteiger partial charge >= 0.3 is 5.97 Å². The lowest BCUT2D eigenvalue weighted by Gasteiger charge is -2.03. The van der Waals surface area contributed by atoms with Crippen molar-refractivity contribution < 1.29 is 19.1 Å². The maximum atomic E-state index is 11.1. The van der Waals surface area contributed by atoms with Crippen molar-refractivity contribution in [3.8, 4) is 5.75 Å². The van der Waals surface area contributed by atoms with E-state index in [1.54, 1.807) is 31.2 Å². The van der Waals surface area contributed by atoms with Gasteiger partial charge in [0, 0.05) is 0 Å². The predicted molar refractivity (Wildman–Crippen MR) is 68.7 cm³/mol. The predicted octanol–water partition coefficient (Wildman–Crippen LogP) is 2.47. The molecule has 4 heteroatoms. The van der Waals surface area contributed by atoms with Crippen LogP contribution in [0.4, 0.5) is 0 Å². The molecule has 0 spiro atoms. The number of rotatable bonds is 6. The Kier molecular flexibility index (Phi) is 5.64. The molecule has 1 rings (SSSR count). The molecule has 96 valence electrons. The smallest absolute Gasteiger partial charge is 0.309 e. The Morgan fingerprint density at radius 2 is 2.17 bits per heavy atom. The van der Waals surface area contributed by atoms with Crippen LogP contribution in [0.25, 0.3) is 6.08 Å². The number of benzene rings is 1. The molecule has 0 aromatic heterocycles. The zero-order chi connectivity index (χ0) is 13.4. The van der Waals surface area contributed by atoms with E-state index >= 15 is 0 Å². The molecule has 0 aliphatic carbocycles. The van der Waals surface area contributed by atoms with Gasteiger partial charge in [0.25, 0.3) is 0 Å². The van der Waals surface area contributed by atoms with Crippen LogP contribution in [0.5, 0.6) is 5.75 Å². The minimum absolute atomic E-state index is 0.219. The number of hydrogen-bond donors (Lipinski definition) is 0. The minimum Gasteiger partial charge on any atom is -0.496 e. The summed E-state index contributed by atoms with van der Waals surface area (Å²) < 4.78 is 9.83. The first-order valence-corrected chi connectivity index (χ1v) is 5.66. The Balaban J connectivity index is 2.70. The minimum atomic E-state index is -0.266. The van der Waals surface area contributed by atoms with E-state index in [0.717, 1.165) is 11.8 Å². The summed E-state index contributed by atoms with van der Waals surface area (Å²) in [6, 6.07) is 5.23. The van der Waals surface area contributed by atoms with Crippen molar-refractivity contribution in [1.29, 1.82) is 0 Å². The molecule has 1 aromatic rings. The molecule has 1 aromatic carbocycles. The van der Waals surface area contributed by atoms with Crippen LogP contribution < -0.4 is 4.74 Å². The maximum Gasteiger partial charge on any atom is 0.309 e. The fourth-order valence-corrected chi connectivity index (χ4v) is 1.46. The average Bonchev–Trinajstić information content (AvgIpc) is 2.38. The van der Waals surface area contributed by atoms with E-state index in [0.29, 0.717) is 17.9 Å². The monoisotopic (exact) mass is 248 g/mol. The number of carbonyl (C=O) groups is 2. The highest BCUT2D eigenvalue weighted by Crippen LogP contribution is 2.18. The van der Waals surface area contributed by atoms with E-state index in [2.05, 4.69) is 0 Å².